The molecule has 2 atom stereocenters. The van der Waals surface area contributed by atoms with Crippen LogP contribution < -0.4 is 0 Å². The second-order valence-corrected chi connectivity index (χ2v) is 44.1. The maximum Gasteiger partial charge on any atom is 0.361 e. The van der Waals surface area contributed by atoms with Crippen LogP contribution in [0.2, 0.25) is 58.9 Å². The number of rotatable bonds is 35. The minimum atomic E-state index is -2.27. The van der Waals surface area contributed by atoms with Crippen LogP contribution in [-0.2, 0) is 45.8 Å². The fraction of sp³-hybridized carbons (Fsp3) is 0.447. The molecule has 0 saturated carbocycles. The predicted molar refractivity (Wildman–Crippen MR) is 397 cm³/mol. The van der Waals surface area contributed by atoms with Gasteiger partial charge in [-0.1, -0.05) is 201 Å². The first kappa shape index (κ1) is 82.2. The van der Waals surface area contributed by atoms with Crippen molar-refractivity contribution in [3.05, 3.63) is 252 Å². The van der Waals surface area contributed by atoms with Gasteiger partial charge in [-0.05, 0) is 196 Å². The molecule has 0 aliphatic carbocycles. The lowest BCUT2D eigenvalue weighted by molar-refractivity contribution is 0.187. The average Bonchev–Trinajstić information content (AvgIpc) is 3.69. The highest BCUT2D eigenvalue weighted by Gasteiger charge is 2.27. The molecule has 0 saturated heterocycles. The minimum absolute atomic E-state index is 0.369. The Morgan fingerprint density at radius 2 is 0.851 bits per heavy atom. The lowest BCUT2D eigenvalue weighted by atomic mass is 9.95. The van der Waals surface area contributed by atoms with Crippen LogP contribution in [0.1, 0.15) is 134 Å². The van der Waals surface area contributed by atoms with Crippen molar-refractivity contribution < 1.29 is 26.6 Å². The number of hydrogen-bond acceptors (Lipinski definition) is 6. The Kier molecular flexibility index (Phi) is 43.8. The molecule has 2 unspecified atom stereocenters. The molecule has 482 valence electrons. The van der Waals surface area contributed by atoms with Gasteiger partial charge in [-0.3, -0.25) is 0 Å². The monoisotopic (exact) mass is 1270 g/mol. The highest BCUT2D eigenvalue weighted by atomic mass is 28.4. The van der Waals surface area contributed by atoms with Gasteiger partial charge in [-0.15, -0.1) is 32.9 Å². The molecule has 4 aromatic rings. The van der Waals surface area contributed by atoms with E-state index in [2.05, 4.69) is 275 Å². The molecule has 0 N–H and O–H groups in total. The maximum atomic E-state index is 6.02. The summed E-state index contributed by atoms with van der Waals surface area (Å²) in [6.45, 7) is 62.0. The van der Waals surface area contributed by atoms with Crippen molar-refractivity contribution >= 4 is 41.8 Å². The molecule has 4 aromatic carbocycles. The first-order valence-corrected chi connectivity index (χ1v) is 46.2. The van der Waals surface area contributed by atoms with E-state index in [1.54, 1.807) is 0 Å². The molecule has 0 aromatic heterocycles. The Balaban J connectivity index is 0.00000107. The van der Waals surface area contributed by atoms with Gasteiger partial charge in [-0.2, -0.15) is 0 Å². The van der Waals surface area contributed by atoms with Crippen LogP contribution in [0.25, 0.3) is 0 Å². The fourth-order valence-electron chi connectivity index (χ4n) is 7.55. The average molecular weight is 1270 g/mol. The van der Waals surface area contributed by atoms with E-state index < -0.39 is 41.8 Å². The van der Waals surface area contributed by atoms with Gasteiger partial charge in [0.2, 0.25) is 25.0 Å². The van der Waals surface area contributed by atoms with E-state index in [1.165, 1.54) is 63.8 Å². The Morgan fingerprint density at radius 1 is 0.437 bits per heavy atom. The standard InChI is InChI=1S/C19H24O2Si.C17H26OSi.C14H28OSi.C14H26OSi.C12H18OSi/c1-3-22(2,20-16-14-18-10-6-4-7-11-18)21-17-15-19-12-8-5-9-13-19;1-7-19(5,6)18-12-11-15(4)17-10-8-9-16(13-17)14(2)3;2*1-7-16(5,6)15-12-11-14(4)10-8-9-13(2)3;1-4-14(2,3)13-11-10-12-8-6-5-7-9-12/h3-13H,1,14-17H2,2H3;7-15H,1H2,2-6H3;7,9,14H,1,8,10-12H2,2-6H3;7,9,11H,1,8,10,12H2,2-6H3;4-9H,1,10-11H2,2-3H3/b;12-11+;;14-11+;. The van der Waals surface area contributed by atoms with Crippen molar-refractivity contribution in [2.75, 3.05) is 33.0 Å². The van der Waals surface area contributed by atoms with E-state index in [0.717, 1.165) is 57.8 Å². The number of benzene rings is 4. The van der Waals surface area contributed by atoms with Crippen LogP contribution in [0.5, 0.6) is 0 Å². The van der Waals surface area contributed by atoms with Crippen LogP contribution in [0.15, 0.2) is 224 Å². The predicted octanol–water partition coefficient (Wildman–Crippen LogP) is 22.2. The van der Waals surface area contributed by atoms with Crippen molar-refractivity contribution in [2.45, 2.75) is 184 Å². The molecule has 0 amide bonds. The zero-order valence-electron chi connectivity index (χ0n) is 58.2. The van der Waals surface area contributed by atoms with Crippen LogP contribution in [-0.4, -0.2) is 74.9 Å². The first-order chi connectivity index (χ1) is 41.0. The van der Waals surface area contributed by atoms with E-state index in [4.69, 9.17) is 26.6 Å². The summed E-state index contributed by atoms with van der Waals surface area (Å²) in [7, 11) is -8.66. The summed E-state index contributed by atoms with van der Waals surface area (Å²) < 4.78 is 35.3. The van der Waals surface area contributed by atoms with Gasteiger partial charge in [0.15, 0.2) is 0 Å². The third-order valence-electron chi connectivity index (χ3n) is 14.4. The first-order valence-electron chi connectivity index (χ1n) is 31.8. The van der Waals surface area contributed by atoms with Crippen LogP contribution in [0.4, 0.5) is 0 Å². The van der Waals surface area contributed by atoms with E-state index in [1.807, 2.05) is 53.0 Å². The lowest BCUT2D eigenvalue weighted by Crippen LogP contribution is -2.38. The quantitative estimate of drug-likeness (QED) is 0.0260. The molecule has 6 nitrogen and oxygen atoms in total. The van der Waals surface area contributed by atoms with Gasteiger partial charge in [0.05, 0.1) is 12.9 Å². The van der Waals surface area contributed by atoms with Gasteiger partial charge >= 0.3 is 8.56 Å². The molecule has 87 heavy (non-hydrogen) atoms. The van der Waals surface area contributed by atoms with Crippen molar-refractivity contribution in [1.82, 2.24) is 0 Å². The van der Waals surface area contributed by atoms with Crippen LogP contribution in [0.3, 0.4) is 0 Å². The Labute approximate surface area is 540 Å². The van der Waals surface area contributed by atoms with Crippen LogP contribution in [0, 0.1) is 5.92 Å². The number of allylic oxidation sites excluding steroid dienone is 6. The summed E-state index contributed by atoms with van der Waals surface area (Å²) in [5.74, 6) is 1.69. The molecule has 0 radical (unpaired) electrons. The second kappa shape index (κ2) is 46.3. The maximum absolute atomic E-state index is 6.02. The van der Waals surface area contributed by atoms with Gasteiger partial charge in [0.25, 0.3) is 8.32 Å². The highest BCUT2D eigenvalue weighted by Crippen LogP contribution is 2.23. The van der Waals surface area contributed by atoms with Gasteiger partial charge in [0, 0.05) is 32.3 Å². The zero-order chi connectivity index (χ0) is 65.8. The van der Waals surface area contributed by atoms with Gasteiger partial charge in [0.1, 0.15) is 0 Å². The van der Waals surface area contributed by atoms with E-state index in [9.17, 15) is 0 Å². The molecule has 11 heteroatoms. The Morgan fingerprint density at radius 3 is 1.28 bits per heavy atom. The van der Waals surface area contributed by atoms with E-state index >= 15 is 0 Å². The van der Waals surface area contributed by atoms with Crippen molar-refractivity contribution in [3.8, 4) is 0 Å². The van der Waals surface area contributed by atoms with Crippen molar-refractivity contribution in [1.29, 1.82) is 0 Å². The Bertz CT molecular complexity index is 2550. The smallest absolute Gasteiger partial charge is 0.361 e. The summed E-state index contributed by atoms with van der Waals surface area (Å²) in [6.07, 6.45) is 19.5. The van der Waals surface area contributed by atoms with Crippen molar-refractivity contribution in [3.63, 3.8) is 0 Å². The molecule has 0 fully saturated rings. The third-order valence-corrected chi connectivity index (χ3v) is 24.2. The van der Waals surface area contributed by atoms with Crippen molar-refractivity contribution in [2.24, 2.45) is 5.92 Å². The molecule has 0 aliphatic rings. The summed E-state index contributed by atoms with van der Waals surface area (Å²) in [6, 6.07) is 39.9. The lowest BCUT2D eigenvalue weighted by Gasteiger charge is -2.23. The normalized spacial score (nSPS) is 12.4. The minimum Gasteiger partial charge on any atom is -0.546 e. The van der Waals surface area contributed by atoms with Gasteiger partial charge in [-0.25, -0.2) is 0 Å². The largest absolute Gasteiger partial charge is 0.546 e. The molecule has 0 spiro atoms. The zero-order valence-corrected chi connectivity index (χ0v) is 63.2. The van der Waals surface area contributed by atoms with Gasteiger partial charge < -0.3 is 26.6 Å². The Hall–Kier alpha value is -4.78. The highest BCUT2D eigenvalue weighted by molar-refractivity contribution is 6.77. The van der Waals surface area contributed by atoms with Crippen LogP contribution >= 0.6 is 0 Å². The topological polar surface area (TPSA) is 55.4 Å². The molecule has 0 bridgehead atoms. The fourth-order valence-corrected chi connectivity index (χ4v) is 11.5. The number of hydrogen-bond donors (Lipinski definition) is 0. The summed E-state index contributed by atoms with van der Waals surface area (Å²) in [5.41, 5.74) is 20.6. The molecular formula is C76H122O6Si5. The molecular weight excluding hydrogens is 1150 g/mol. The third kappa shape index (κ3) is 45.2. The van der Waals surface area contributed by atoms with E-state index in [-0.39, 0.29) is 0 Å². The second-order valence-electron chi connectivity index (χ2n) is 25.5. The molecule has 4 rings (SSSR count). The molecule has 0 aliphatic heterocycles. The SMILES string of the molecule is C=C[Si](C)(C)O/C=C/C(C)c1cccc(C(C)C)c1.C=C[Si](C)(C)OC/C=C(\C)CCC=C(C)C.C=C[Si](C)(C)OCCC(C)CCC=C(C)C.C=C[Si](C)(C)OCCc1ccccc1.C=C[Si](C)(OCCc1ccccc1)OCCc1ccccc1. The van der Waals surface area contributed by atoms with E-state index in [0.29, 0.717) is 25.0 Å². The summed E-state index contributed by atoms with van der Waals surface area (Å²) >= 11 is 0. The summed E-state index contributed by atoms with van der Waals surface area (Å²) in [5, 5.41) is 0. The summed E-state index contributed by atoms with van der Waals surface area (Å²) in [4.78, 5) is 0. The molecule has 0 heterocycles.